The average Bonchev–Trinajstić information content (AvgIpc) is 2.69. The van der Waals surface area contributed by atoms with Gasteiger partial charge in [-0.25, -0.2) is 14.6 Å². The lowest BCUT2D eigenvalue weighted by molar-refractivity contribution is 0.730. The zero-order valence-electron chi connectivity index (χ0n) is 14.1. The topological polar surface area (TPSA) is 55.6 Å². The summed E-state index contributed by atoms with van der Waals surface area (Å²) in [5.74, 6) is 2.89. The molecule has 0 aliphatic heterocycles. The van der Waals surface area contributed by atoms with E-state index in [0.29, 0.717) is 0 Å². The lowest BCUT2D eigenvalue weighted by Crippen LogP contribution is -2.13. The van der Waals surface area contributed by atoms with Gasteiger partial charge < -0.3 is 5.32 Å². The van der Waals surface area contributed by atoms with Gasteiger partial charge in [-0.1, -0.05) is 13.8 Å². The number of anilines is 1. The van der Waals surface area contributed by atoms with E-state index in [4.69, 9.17) is 4.98 Å². The zero-order valence-corrected chi connectivity index (χ0v) is 14.1. The Kier molecular flexibility index (Phi) is 4.30. The molecule has 5 heteroatoms. The van der Waals surface area contributed by atoms with Gasteiger partial charge in [-0.15, -0.1) is 0 Å². The monoisotopic (exact) mass is 287 g/mol. The maximum Gasteiger partial charge on any atom is 0.162 e. The third-order valence-corrected chi connectivity index (χ3v) is 3.85. The van der Waals surface area contributed by atoms with Crippen molar-refractivity contribution in [1.82, 2.24) is 19.7 Å². The van der Waals surface area contributed by atoms with Gasteiger partial charge in [0, 0.05) is 23.7 Å². The van der Waals surface area contributed by atoms with Crippen LogP contribution in [0.3, 0.4) is 0 Å². The first-order valence-corrected chi connectivity index (χ1v) is 7.52. The summed E-state index contributed by atoms with van der Waals surface area (Å²) in [7, 11) is 0. The molecule has 2 aromatic heterocycles. The van der Waals surface area contributed by atoms with E-state index in [0.717, 1.165) is 41.0 Å². The molecule has 21 heavy (non-hydrogen) atoms. The summed E-state index contributed by atoms with van der Waals surface area (Å²) >= 11 is 0. The second kappa shape index (κ2) is 5.84. The molecule has 0 bridgehead atoms. The summed E-state index contributed by atoms with van der Waals surface area (Å²) in [6.07, 6.45) is 0. The van der Waals surface area contributed by atoms with Crippen LogP contribution in [0.1, 0.15) is 55.0 Å². The molecule has 0 saturated carbocycles. The molecule has 114 valence electrons. The van der Waals surface area contributed by atoms with E-state index < -0.39 is 0 Å². The normalized spacial score (nSPS) is 11.2. The Morgan fingerprint density at radius 1 is 1.05 bits per heavy atom. The molecule has 2 aromatic rings. The van der Waals surface area contributed by atoms with Gasteiger partial charge in [0.25, 0.3) is 0 Å². The Morgan fingerprint density at radius 2 is 1.71 bits per heavy atom. The van der Waals surface area contributed by atoms with Crippen LogP contribution in [0.5, 0.6) is 0 Å². The standard InChI is InChI=1S/C16H25N5/c1-8-17-15-11(5)16(19-14(18-15)9(2)3)21-13(7)10(4)12(6)20-21/h9H,8H2,1-7H3,(H,17,18,19). The summed E-state index contributed by atoms with van der Waals surface area (Å²) in [6.45, 7) is 15.4. The highest BCUT2D eigenvalue weighted by atomic mass is 15.3. The molecule has 0 aliphatic rings. The van der Waals surface area contributed by atoms with Gasteiger partial charge in [0.1, 0.15) is 11.6 Å². The maximum absolute atomic E-state index is 4.75. The van der Waals surface area contributed by atoms with Crippen LogP contribution in [0.25, 0.3) is 5.82 Å². The van der Waals surface area contributed by atoms with Gasteiger partial charge in [0.2, 0.25) is 0 Å². The van der Waals surface area contributed by atoms with E-state index in [1.165, 1.54) is 5.56 Å². The van der Waals surface area contributed by atoms with Gasteiger partial charge >= 0.3 is 0 Å². The smallest absolute Gasteiger partial charge is 0.162 e. The Bertz CT molecular complexity index is 655. The Labute approximate surface area is 126 Å². The number of nitrogens with zero attached hydrogens (tertiary/aromatic N) is 4. The molecule has 0 aliphatic carbocycles. The molecule has 0 radical (unpaired) electrons. The first-order valence-electron chi connectivity index (χ1n) is 7.52. The minimum Gasteiger partial charge on any atom is -0.370 e. The van der Waals surface area contributed by atoms with Crippen LogP contribution in [0.2, 0.25) is 0 Å². The van der Waals surface area contributed by atoms with Crippen molar-refractivity contribution >= 4 is 5.82 Å². The molecule has 0 saturated heterocycles. The van der Waals surface area contributed by atoms with Crippen LogP contribution in [0, 0.1) is 27.7 Å². The van der Waals surface area contributed by atoms with E-state index in [2.05, 4.69) is 50.0 Å². The summed E-state index contributed by atoms with van der Waals surface area (Å²) in [5, 5.41) is 7.97. The van der Waals surface area contributed by atoms with Crippen molar-refractivity contribution in [2.45, 2.75) is 54.4 Å². The van der Waals surface area contributed by atoms with E-state index in [1.807, 2.05) is 18.5 Å². The molecular formula is C16H25N5. The van der Waals surface area contributed by atoms with Crippen LogP contribution in [-0.4, -0.2) is 26.3 Å². The van der Waals surface area contributed by atoms with Crippen molar-refractivity contribution in [3.8, 4) is 5.82 Å². The van der Waals surface area contributed by atoms with E-state index in [-0.39, 0.29) is 5.92 Å². The van der Waals surface area contributed by atoms with Crippen molar-refractivity contribution < 1.29 is 0 Å². The quantitative estimate of drug-likeness (QED) is 0.935. The molecule has 0 spiro atoms. The van der Waals surface area contributed by atoms with Gasteiger partial charge in [-0.3, -0.25) is 0 Å². The van der Waals surface area contributed by atoms with Crippen LogP contribution < -0.4 is 5.32 Å². The van der Waals surface area contributed by atoms with Crippen LogP contribution in [0.15, 0.2) is 0 Å². The highest BCUT2D eigenvalue weighted by molar-refractivity contribution is 5.52. The molecule has 2 rings (SSSR count). The van der Waals surface area contributed by atoms with Crippen LogP contribution in [0.4, 0.5) is 5.82 Å². The van der Waals surface area contributed by atoms with Crippen LogP contribution >= 0.6 is 0 Å². The third kappa shape index (κ3) is 2.77. The maximum atomic E-state index is 4.75. The molecule has 0 atom stereocenters. The highest BCUT2D eigenvalue weighted by Gasteiger charge is 2.17. The number of hydrogen-bond acceptors (Lipinski definition) is 4. The summed E-state index contributed by atoms with van der Waals surface area (Å²) in [4.78, 5) is 9.39. The van der Waals surface area contributed by atoms with Crippen molar-refractivity contribution in [1.29, 1.82) is 0 Å². The molecule has 0 unspecified atom stereocenters. The predicted molar refractivity (Wildman–Crippen MR) is 86.4 cm³/mol. The zero-order chi connectivity index (χ0) is 15.7. The summed E-state index contributed by atoms with van der Waals surface area (Å²) in [6, 6.07) is 0. The molecule has 0 fully saturated rings. The number of aromatic nitrogens is 4. The third-order valence-electron chi connectivity index (χ3n) is 3.85. The SMILES string of the molecule is CCNc1nc(C(C)C)nc(-n2nc(C)c(C)c2C)c1C. The van der Waals surface area contributed by atoms with E-state index in [1.54, 1.807) is 0 Å². The average molecular weight is 287 g/mol. The second-order valence-corrected chi connectivity index (χ2v) is 5.77. The summed E-state index contributed by atoms with van der Waals surface area (Å²) < 4.78 is 1.94. The van der Waals surface area contributed by atoms with Gasteiger partial charge in [-0.2, -0.15) is 5.10 Å². The lowest BCUT2D eigenvalue weighted by Gasteiger charge is -2.15. The highest BCUT2D eigenvalue weighted by Crippen LogP contribution is 2.24. The van der Waals surface area contributed by atoms with Crippen molar-refractivity contribution in [3.05, 3.63) is 28.3 Å². The number of nitrogens with one attached hydrogen (secondary N) is 1. The van der Waals surface area contributed by atoms with Crippen molar-refractivity contribution in [2.24, 2.45) is 0 Å². The number of aryl methyl sites for hydroxylation is 1. The Balaban J connectivity index is 2.69. The first-order chi connectivity index (χ1) is 9.86. The minimum absolute atomic E-state index is 0.278. The fourth-order valence-electron chi connectivity index (χ4n) is 2.25. The van der Waals surface area contributed by atoms with E-state index in [9.17, 15) is 0 Å². The second-order valence-electron chi connectivity index (χ2n) is 5.77. The van der Waals surface area contributed by atoms with Crippen molar-refractivity contribution in [3.63, 3.8) is 0 Å². The molecular weight excluding hydrogens is 262 g/mol. The molecule has 0 aromatic carbocycles. The lowest BCUT2D eigenvalue weighted by atomic mass is 10.2. The minimum atomic E-state index is 0.278. The van der Waals surface area contributed by atoms with Crippen LogP contribution in [-0.2, 0) is 0 Å². The largest absolute Gasteiger partial charge is 0.370 e. The fraction of sp³-hybridized carbons (Fsp3) is 0.562. The van der Waals surface area contributed by atoms with Gasteiger partial charge in [0.05, 0.1) is 5.69 Å². The number of rotatable bonds is 4. The molecule has 1 N–H and O–H groups in total. The predicted octanol–water partition coefficient (Wildman–Crippen LogP) is 3.45. The molecule has 2 heterocycles. The fourth-order valence-corrected chi connectivity index (χ4v) is 2.25. The number of hydrogen-bond donors (Lipinski definition) is 1. The molecule has 5 nitrogen and oxygen atoms in total. The first kappa shape index (κ1) is 15.5. The molecule has 0 amide bonds. The summed E-state index contributed by atoms with van der Waals surface area (Å²) in [5.41, 5.74) is 4.42. The Hall–Kier alpha value is -1.91. The van der Waals surface area contributed by atoms with E-state index >= 15 is 0 Å². The van der Waals surface area contributed by atoms with Gasteiger partial charge in [-0.05, 0) is 40.2 Å². The van der Waals surface area contributed by atoms with Crippen molar-refractivity contribution in [2.75, 3.05) is 11.9 Å². The van der Waals surface area contributed by atoms with Gasteiger partial charge in [0.15, 0.2) is 5.82 Å². The Morgan fingerprint density at radius 3 is 2.19 bits per heavy atom.